The lowest BCUT2D eigenvalue weighted by Crippen LogP contribution is -2.26. The molecule has 0 aliphatic carbocycles. The molecule has 0 fully saturated rings. The molecule has 0 radical (unpaired) electrons. The number of rotatable bonds is 4. The summed E-state index contributed by atoms with van der Waals surface area (Å²) >= 11 is 0. The Hall–Kier alpha value is -2.36. The van der Waals surface area contributed by atoms with Gasteiger partial charge in [-0.25, -0.2) is 4.39 Å². The van der Waals surface area contributed by atoms with Crippen molar-refractivity contribution in [1.29, 1.82) is 0 Å². The van der Waals surface area contributed by atoms with Gasteiger partial charge in [-0.1, -0.05) is 18.2 Å². The number of benzene rings is 2. The Morgan fingerprint density at radius 1 is 1.25 bits per heavy atom. The third-order valence-corrected chi connectivity index (χ3v) is 3.14. The summed E-state index contributed by atoms with van der Waals surface area (Å²) in [5.41, 5.74) is 1.83. The first-order chi connectivity index (χ1) is 9.58. The van der Waals surface area contributed by atoms with Gasteiger partial charge in [-0.2, -0.15) is 0 Å². The number of hydrogen-bond donors (Lipinski definition) is 2. The molecule has 20 heavy (non-hydrogen) atoms. The zero-order chi connectivity index (χ0) is 14.5. The van der Waals surface area contributed by atoms with Gasteiger partial charge in [-0.15, -0.1) is 0 Å². The topological polar surface area (TPSA) is 49.3 Å². The molecule has 0 aliphatic heterocycles. The summed E-state index contributed by atoms with van der Waals surface area (Å²) in [4.78, 5) is 12.0. The molecule has 0 aromatic heterocycles. The maximum atomic E-state index is 13.0. The van der Waals surface area contributed by atoms with Crippen LogP contribution in [0.1, 0.15) is 21.5 Å². The molecule has 0 heterocycles. The van der Waals surface area contributed by atoms with Crippen LogP contribution in [0.25, 0.3) is 0 Å². The average molecular weight is 273 g/mol. The third kappa shape index (κ3) is 3.35. The highest BCUT2D eigenvalue weighted by Crippen LogP contribution is 2.19. The Labute approximate surface area is 117 Å². The lowest BCUT2D eigenvalue weighted by atomic mass is 10.1. The number of carbonyl (C=O) groups is 1. The lowest BCUT2D eigenvalue weighted by molar-refractivity contribution is 0.0953. The van der Waals surface area contributed by atoms with Crippen LogP contribution >= 0.6 is 0 Å². The molecule has 2 rings (SSSR count). The molecule has 104 valence electrons. The Morgan fingerprint density at radius 2 is 2.00 bits per heavy atom. The van der Waals surface area contributed by atoms with Crippen molar-refractivity contribution in [3.05, 3.63) is 65.0 Å². The second-order valence-electron chi connectivity index (χ2n) is 4.59. The molecule has 0 saturated carbocycles. The molecule has 0 atom stereocenters. The van der Waals surface area contributed by atoms with Gasteiger partial charge in [0.05, 0.1) is 0 Å². The molecule has 0 spiro atoms. The molecule has 0 saturated heterocycles. The van der Waals surface area contributed by atoms with Crippen molar-refractivity contribution in [2.75, 3.05) is 6.54 Å². The molecule has 3 nitrogen and oxygen atoms in total. The van der Waals surface area contributed by atoms with Crippen LogP contribution < -0.4 is 5.32 Å². The number of halogens is 1. The highest BCUT2D eigenvalue weighted by atomic mass is 19.1. The summed E-state index contributed by atoms with van der Waals surface area (Å²) in [6.07, 6.45) is 0.557. The third-order valence-electron chi connectivity index (χ3n) is 3.14. The number of phenols is 1. The largest absolute Gasteiger partial charge is 0.508 e. The van der Waals surface area contributed by atoms with Gasteiger partial charge in [0.2, 0.25) is 0 Å². The van der Waals surface area contributed by atoms with E-state index in [0.29, 0.717) is 24.1 Å². The highest BCUT2D eigenvalue weighted by Gasteiger charge is 2.10. The monoisotopic (exact) mass is 273 g/mol. The second kappa shape index (κ2) is 6.19. The van der Waals surface area contributed by atoms with Crippen molar-refractivity contribution in [3.8, 4) is 5.75 Å². The van der Waals surface area contributed by atoms with Gasteiger partial charge in [-0.3, -0.25) is 4.79 Å². The van der Waals surface area contributed by atoms with Crippen LogP contribution in [0.4, 0.5) is 4.39 Å². The van der Waals surface area contributed by atoms with Gasteiger partial charge in [0.1, 0.15) is 11.6 Å². The van der Waals surface area contributed by atoms with Crippen molar-refractivity contribution in [2.24, 2.45) is 0 Å². The van der Waals surface area contributed by atoms with E-state index < -0.39 is 0 Å². The van der Waals surface area contributed by atoms with E-state index in [4.69, 9.17) is 0 Å². The maximum absolute atomic E-state index is 13.0. The molecule has 2 aromatic rings. The van der Waals surface area contributed by atoms with Crippen LogP contribution in [0.15, 0.2) is 42.5 Å². The summed E-state index contributed by atoms with van der Waals surface area (Å²) in [5.74, 6) is -0.421. The Kier molecular flexibility index (Phi) is 4.35. The van der Waals surface area contributed by atoms with E-state index in [2.05, 4.69) is 5.32 Å². The van der Waals surface area contributed by atoms with Crippen LogP contribution in [0.2, 0.25) is 0 Å². The molecule has 4 heteroatoms. The van der Waals surface area contributed by atoms with E-state index in [-0.39, 0.29) is 17.5 Å². The predicted molar refractivity (Wildman–Crippen MR) is 75.3 cm³/mol. The van der Waals surface area contributed by atoms with E-state index >= 15 is 0 Å². The van der Waals surface area contributed by atoms with E-state index in [0.717, 1.165) is 5.56 Å². The minimum absolute atomic E-state index is 0.0998. The van der Waals surface area contributed by atoms with Crippen molar-refractivity contribution in [1.82, 2.24) is 5.32 Å². The Balaban J connectivity index is 1.94. The van der Waals surface area contributed by atoms with Crippen molar-refractivity contribution in [3.63, 3.8) is 0 Å². The lowest BCUT2D eigenvalue weighted by Gasteiger charge is -2.08. The molecule has 0 bridgehead atoms. The normalized spacial score (nSPS) is 10.3. The van der Waals surface area contributed by atoms with Crippen LogP contribution in [0.3, 0.4) is 0 Å². The first-order valence-corrected chi connectivity index (χ1v) is 6.39. The fourth-order valence-electron chi connectivity index (χ4n) is 1.98. The molecular weight excluding hydrogens is 257 g/mol. The molecule has 2 aromatic carbocycles. The predicted octanol–water partition coefficient (Wildman–Crippen LogP) is 2.81. The van der Waals surface area contributed by atoms with Crippen molar-refractivity contribution < 1.29 is 14.3 Å². The zero-order valence-electron chi connectivity index (χ0n) is 11.2. The van der Waals surface area contributed by atoms with E-state index in [1.807, 2.05) is 6.07 Å². The molecular formula is C16H16FNO2. The number of nitrogens with one attached hydrogen (secondary N) is 1. The molecule has 1 amide bonds. The van der Waals surface area contributed by atoms with Crippen LogP contribution in [0.5, 0.6) is 5.75 Å². The van der Waals surface area contributed by atoms with Crippen LogP contribution in [-0.2, 0) is 6.42 Å². The number of hydrogen-bond acceptors (Lipinski definition) is 2. The highest BCUT2D eigenvalue weighted by molar-refractivity contribution is 5.96. The van der Waals surface area contributed by atoms with Crippen LogP contribution in [0, 0.1) is 12.7 Å². The smallest absolute Gasteiger partial charge is 0.251 e. The van der Waals surface area contributed by atoms with Crippen molar-refractivity contribution in [2.45, 2.75) is 13.3 Å². The standard InChI is InChI=1S/C16H16FNO2/c1-11-14(6-3-7-15(11)19)16(20)18-9-8-12-4-2-5-13(17)10-12/h2-7,10,19H,8-9H2,1H3,(H,18,20). The summed E-state index contributed by atoms with van der Waals surface area (Å²) in [6, 6.07) is 11.1. The minimum atomic E-state index is -0.280. The summed E-state index contributed by atoms with van der Waals surface area (Å²) in [7, 11) is 0. The first-order valence-electron chi connectivity index (χ1n) is 6.39. The number of aromatic hydroxyl groups is 1. The SMILES string of the molecule is Cc1c(O)cccc1C(=O)NCCc1cccc(F)c1. The molecule has 0 unspecified atom stereocenters. The van der Waals surface area contributed by atoms with Gasteiger partial charge >= 0.3 is 0 Å². The summed E-state index contributed by atoms with van der Waals surface area (Å²) < 4.78 is 13.0. The fraction of sp³-hybridized carbons (Fsp3) is 0.188. The van der Waals surface area contributed by atoms with E-state index in [1.54, 1.807) is 31.2 Å². The molecule has 0 aliphatic rings. The van der Waals surface area contributed by atoms with Gasteiger partial charge in [0.15, 0.2) is 0 Å². The summed E-state index contributed by atoms with van der Waals surface area (Å²) in [5, 5.41) is 12.3. The van der Waals surface area contributed by atoms with E-state index in [9.17, 15) is 14.3 Å². The summed E-state index contributed by atoms with van der Waals surface area (Å²) in [6.45, 7) is 2.11. The Bertz CT molecular complexity index is 626. The van der Waals surface area contributed by atoms with Crippen LogP contribution in [-0.4, -0.2) is 17.6 Å². The quantitative estimate of drug-likeness (QED) is 0.900. The van der Waals surface area contributed by atoms with Gasteiger partial charge in [-0.05, 0) is 43.2 Å². The van der Waals surface area contributed by atoms with Gasteiger partial charge < -0.3 is 10.4 Å². The van der Waals surface area contributed by atoms with E-state index in [1.165, 1.54) is 12.1 Å². The maximum Gasteiger partial charge on any atom is 0.251 e. The zero-order valence-corrected chi connectivity index (χ0v) is 11.2. The number of carbonyl (C=O) groups excluding carboxylic acids is 1. The minimum Gasteiger partial charge on any atom is -0.508 e. The van der Waals surface area contributed by atoms with Gasteiger partial charge in [0.25, 0.3) is 5.91 Å². The molecule has 2 N–H and O–H groups in total. The Morgan fingerprint density at radius 3 is 2.75 bits per heavy atom. The fourth-order valence-corrected chi connectivity index (χ4v) is 1.98. The van der Waals surface area contributed by atoms with Gasteiger partial charge in [0, 0.05) is 17.7 Å². The van der Waals surface area contributed by atoms with Crippen molar-refractivity contribution >= 4 is 5.91 Å². The first kappa shape index (κ1) is 14.1. The second-order valence-corrected chi connectivity index (χ2v) is 4.59. The number of phenolic OH excluding ortho intramolecular Hbond substituents is 1. The average Bonchev–Trinajstić information content (AvgIpc) is 2.42. The number of amides is 1.